The van der Waals surface area contributed by atoms with Gasteiger partial charge in [-0.3, -0.25) is 9.89 Å². The van der Waals surface area contributed by atoms with Gasteiger partial charge in [-0.15, -0.1) is 0 Å². The molecule has 2 aliphatic rings. The number of piperidine rings is 1. The standard InChI is InChI=1S/C31H38N8O2/c1-5-24-28(25(6-2)37-36-24)34-30(40)23-13-16-39-27(23)10-7-20-18-32-31(35-29(20)39)33-26-9-8-22(17-19(26)3)41-21-11-14-38(4)15-12-21/h8-9,13,16-18,21H,5-7,10-12,14-15H2,1-4H3,(H,34,40)(H,36,37)(H,32,33,35). The molecule has 0 unspecified atom stereocenters. The molecule has 2 aliphatic heterocycles. The zero-order valence-electron chi connectivity index (χ0n) is 24.3. The average molecular weight is 555 g/mol. The van der Waals surface area contributed by atoms with Crippen LogP contribution in [-0.4, -0.2) is 61.8 Å². The van der Waals surface area contributed by atoms with E-state index in [0.29, 0.717) is 11.5 Å². The number of carbonyl (C=O) groups is 1. The van der Waals surface area contributed by atoms with E-state index in [1.807, 2.05) is 49.0 Å². The first-order valence-electron chi connectivity index (χ1n) is 14.6. The summed E-state index contributed by atoms with van der Waals surface area (Å²) in [6.07, 6.45) is 9.19. The van der Waals surface area contributed by atoms with Gasteiger partial charge in [-0.05, 0) is 82.3 Å². The third kappa shape index (κ3) is 5.44. The first kappa shape index (κ1) is 27.0. The van der Waals surface area contributed by atoms with Crippen molar-refractivity contribution in [2.75, 3.05) is 30.8 Å². The maximum atomic E-state index is 13.4. The Labute approximate surface area is 240 Å². The van der Waals surface area contributed by atoms with Crippen LogP contribution in [0, 0.1) is 6.92 Å². The highest BCUT2D eigenvalue weighted by atomic mass is 16.5. The highest BCUT2D eigenvalue weighted by Gasteiger charge is 2.25. The fourth-order valence-corrected chi connectivity index (χ4v) is 5.75. The highest BCUT2D eigenvalue weighted by molar-refractivity contribution is 6.06. The first-order valence-corrected chi connectivity index (χ1v) is 14.6. The number of H-pyrrole nitrogens is 1. The Balaban J connectivity index is 1.19. The number of hydrogen-bond donors (Lipinski definition) is 3. The molecule has 3 N–H and O–H groups in total. The van der Waals surface area contributed by atoms with E-state index in [4.69, 9.17) is 9.72 Å². The molecule has 0 spiro atoms. The number of aryl methyl sites for hydroxylation is 4. The predicted octanol–water partition coefficient (Wildman–Crippen LogP) is 4.99. The number of likely N-dealkylation sites (tertiary alicyclic amines) is 1. The van der Waals surface area contributed by atoms with Crippen LogP contribution in [0.4, 0.5) is 17.3 Å². The molecule has 1 aromatic carbocycles. The molecular weight excluding hydrogens is 516 g/mol. The van der Waals surface area contributed by atoms with E-state index in [2.05, 4.69) is 50.8 Å². The van der Waals surface area contributed by atoms with E-state index in [-0.39, 0.29) is 12.0 Å². The number of nitrogens with one attached hydrogen (secondary N) is 3. The summed E-state index contributed by atoms with van der Waals surface area (Å²) in [6, 6.07) is 7.98. The monoisotopic (exact) mass is 554 g/mol. The molecule has 0 atom stereocenters. The van der Waals surface area contributed by atoms with Crippen LogP contribution in [0.2, 0.25) is 0 Å². The molecule has 0 bridgehead atoms. The lowest BCUT2D eigenvalue weighted by Gasteiger charge is -2.29. The number of carbonyl (C=O) groups excluding carboxylic acids is 1. The van der Waals surface area contributed by atoms with Gasteiger partial charge in [0.1, 0.15) is 17.7 Å². The van der Waals surface area contributed by atoms with Crippen LogP contribution in [0.15, 0.2) is 36.7 Å². The molecule has 10 heteroatoms. The van der Waals surface area contributed by atoms with E-state index in [9.17, 15) is 4.79 Å². The van der Waals surface area contributed by atoms with E-state index in [0.717, 1.165) is 103 Å². The third-order valence-electron chi connectivity index (χ3n) is 8.19. The summed E-state index contributed by atoms with van der Waals surface area (Å²) < 4.78 is 8.27. The summed E-state index contributed by atoms with van der Waals surface area (Å²) in [7, 11) is 2.16. The number of aromatic amines is 1. The Morgan fingerprint density at radius 3 is 2.73 bits per heavy atom. The molecular formula is C31H38N8O2. The number of aromatic nitrogens is 5. The van der Waals surface area contributed by atoms with Gasteiger partial charge in [-0.25, -0.2) is 4.98 Å². The minimum Gasteiger partial charge on any atom is -0.490 e. The summed E-state index contributed by atoms with van der Waals surface area (Å²) in [5, 5.41) is 13.9. The Morgan fingerprint density at radius 2 is 1.98 bits per heavy atom. The van der Waals surface area contributed by atoms with E-state index >= 15 is 0 Å². The highest BCUT2D eigenvalue weighted by Crippen LogP contribution is 2.30. The SMILES string of the molecule is CCc1n[nH]c(CC)c1NC(=O)c1ccn2c1CCc1cnc(Nc3ccc(OC4CCN(C)CC4)cc3C)nc1-2. The smallest absolute Gasteiger partial charge is 0.257 e. The Kier molecular flexibility index (Phi) is 7.49. The van der Waals surface area contributed by atoms with Gasteiger partial charge < -0.3 is 24.8 Å². The molecule has 4 aromatic rings. The van der Waals surface area contributed by atoms with Gasteiger partial charge in [0.25, 0.3) is 5.91 Å². The number of hydrogen-bond acceptors (Lipinski definition) is 7. The summed E-state index contributed by atoms with van der Waals surface area (Å²) in [5.74, 6) is 2.08. The second-order valence-corrected chi connectivity index (χ2v) is 11.0. The van der Waals surface area contributed by atoms with Crippen molar-refractivity contribution < 1.29 is 9.53 Å². The van der Waals surface area contributed by atoms with Crippen molar-refractivity contribution in [3.8, 4) is 11.6 Å². The van der Waals surface area contributed by atoms with Gasteiger partial charge >= 0.3 is 0 Å². The van der Waals surface area contributed by atoms with Gasteiger partial charge in [0.15, 0.2) is 0 Å². The van der Waals surface area contributed by atoms with Crippen LogP contribution >= 0.6 is 0 Å². The van der Waals surface area contributed by atoms with E-state index in [1.165, 1.54) is 0 Å². The van der Waals surface area contributed by atoms with Gasteiger partial charge in [0.05, 0.1) is 22.6 Å². The first-order chi connectivity index (χ1) is 19.9. The van der Waals surface area contributed by atoms with Gasteiger partial charge in [-0.2, -0.15) is 10.1 Å². The molecule has 0 aliphatic carbocycles. The van der Waals surface area contributed by atoms with Crippen molar-refractivity contribution in [2.24, 2.45) is 0 Å². The maximum Gasteiger partial charge on any atom is 0.257 e. The summed E-state index contributed by atoms with van der Waals surface area (Å²) >= 11 is 0. The van der Waals surface area contributed by atoms with Crippen LogP contribution in [0.1, 0.15) is 65.3 Å². The topological polar surface area (TPSA) is 113 Å². The normalized spacial score (nSPS) is 15.3. The zero-order valence-corrected chi connectivity index (χ0v) is 24.3. The molecule has 1 saturated heterocycles. The van der Waals surface area contributed by atoms with Crippen molar-refractivity contribution in [3.63, 3.8) is 0 Å². The largest absolute Gasteiger partial charge is 0.490 e. The van der Waals surface area contributed by atoms with Crippen molar-refractivity contribution in [2.45, 2.75) is 65.4 Å². The quantitative estimate of drug-likeness (QED) is 0.281. The summed E-state index contributed by atoms with van der Waals surface area (Å²) in [6.45, 7) is 8.28. The number of fused-ring (bicyclic) bond motifs is 3. The lowest BCUT2D eigenvalue weighted by Crippen LogP contribution is -2.35. The van der Waals surface area contributed by atoms with Crippen molar-refractivity contribution >= 4 is 23.2 Å². The Morgan fingerprint density at radius 1 is 1.15 bits per heavy atom. The lowest BCUT2D eigenvalue weighted by molar-refractivity contribution is 0.102. The number of benzene rings is 1. The number of ether oxygens (including phenoxy) is 1. The summed E-state index contributed by atoms with van der Waals surface area (Å²) in [4.78, 5) is 25.2. The number of nitrogens with zero attached hydrogens (tertiary/aromatic N) is 5. The number of amides is 1. The fourth-order valence-electron chi connectivity index (χ4n) is 5.75. The molecule has 0 radical (unpaired) electrons. The third-order valence-corrected chi connectivity index (χ3v) is 8.19. The van der Waals surface area contributed by atoms with Crippen LogP contribution in [0.25, 0.3) is 5.82 Å². The lowest BCUT2D eigenvalue weighted by atomic mass is 10.0. The minimum atomic E-state index is -0.126. The van der Waals surface area contributed by atoms with Crippen molar-refractivity contribution in [3.05, 3.63) is 70.4 Å². The van der Waals surface area contributed by atoms with Gasteiger partial charge in [-0.1, -0.05) is 13.8 Å². The zero-order chi connectivity index (χ0) is 28.5. The molecule has 214 valence electrons. The second-order valence-electron chi connectivity index (χ2n) is 11.0. The molecule has 1 fully saturated rings. The Bertz CT molecular complexity index is 1540. The molecule has 10 nitrogen and oxygen atoms in total. The van der Waals surface area contributed by atoms with Crippen molar-refractivity contribution in [1.29, 1.82) is 0 Å². The molecule has 5 heterocycles. The second kappa shape index (κ2) is 11.4. The fraction of sp³-hybridized carbons (Fsp3) is 0.419. The van der Waals surface area contributed by atoms with Crippen LogP contribution < -0.4 is 15.4 Å². The average Bonchev–Trinajstić information content (AvgIpc) is 3.59. The molecule has 6 rings (SSSR count). The minimum absolute atomic E-state index is 0.126. The van der Waals surface area contributed by atoms with Crippen LogP contribution in [0.5, 0.6) is 5.75 Å². The van der Waals surface area contributed by atoms with E-state index in [1.54, 1.807) is 0 Å². The van der Waals surface area contributed by atoms with Gasteiger partial charge in [0.2, 0.25) is 5.95 Å². The number of anilines is 3. The molecule has 3 aromatic heterocycles. The van der Waals surface area contributed by atoms with E-state index < -0.39 is 0 Å². The molecule has 1 amide bonds. The number of rotatable bonds is 8. The molecule has 41 heavy (non-hydrogen) atoms. The van der Waals surface area contributed by atoms with Crippen molar-refractivity contribution in [1.82, 2.24) is 29.6 Å². The Hall–Kier alpha value is -4.18. The van der Waals surface area contributed by atoms with Crippen LogP contribution in [0.3, 0.4) is 0 Å². The maximum absolute atomic E-state index is 13.4. The van der Waals surface area contributed by atoms with Gasteiger partial charge in [0, 0.05) is 42.4 Å². The predicted molar refractivity (Wildman–Crippen MR) is 160 cm³/mol. The molecule has 0 saturated carbocycles. The summed E-state index contributed by atoms with van der Waals surface area (Å²) in [5.41, 5.74) is 7.26. The van der Waals surface area contributed by atoms with Crippen LogP contribution in [-0.2, 0) is 25.7 Å².